The molecule has 4 rings (SSSR count). The Labute approximate surface area is 187 Å². The van der Waals surface area contributed by atoms with Gasteiger partial charge in [-0.15, -0.1) is 0 Å². The molecule has 1 heterocycles. The first-order valence-corrected chi connectivity index (χ1v) is 11.2. The summed E-state index contributed by atoms with van der Waals surface area (Å²) in [5, 5.41) is 34.5. The molecule has 3 aliphatic carbocycles. The van der Waals surface area contributed by atoms with E-state index in [1.807, 2.05) is 0 Å². The molecule has 0 atom stereocenters. The van der Waals surface area contributed by atoms with Gasteiger partial charge in [0.15, 0.2) is 0 Å². The molecular formula is C24H31N4O4+. The van der Waals surface area contributed by atoms with Crippen LogP contribution in [0.1, 0.15) is 54.7 Å². The highest BCUT2D eigenvalue weighted by atomic mass is 16.5. The van der Waals surface area contributed by atoms with Crippen molar-refractivity contribution in [2.75, 3.05) is 6.61 Å². The number of nitrogens with one attached hydrogen (secondary N) is 3. The summed E-state index contributed by atoms with van der Waals surface area (Å²) in [4.78, 5) is 12.9. The summed E-state index contributed by atoms with van der Waals surface area (Å²) in [5.74, 6) is 0.509. The molecule has 0 radical (unpaired) electrons. The first-order chi connectivity index (χ1) is 15.4. The molecule has 0 saturated heterocycles. The number of rotatable bonds is 7. The zero-order chi connectivity index (χ0) is 22.7. The van der Waals surface area contributed by atoms with Crippen LogP contribution >= 0.6 is 0 Å². The lowest BCUT2D eigenvalue weighted by Crippen LogP contribution is -2.44. The topological polar surface area (TPSA) is 119 Å². The van der Waals surface area contributed by atoms with Crippen molar-refractivity contribution in [2.24, 2.45) is 5.92 Å². The van der Waals surface area contributed by atoms with Gasteiger partial charge >= 0.3 is 11.6 Å². The average Bonchev–Trinajstić information content (AvgIpc) is 3.60. The second kappa shape index (κ2) is 9.56. The van der Waals surface area contributed by atoms with Gasteiger partial charge in [-0.3, -0.25) is 10.0 Å². The molecule has 0 aromatic carbocycles. The Kier molecular flexibility index (Phi) is 6.60. The van der Waals surface area contributed by atoms with Crippen molar-refractivity contribution in [3.8, 4) is 0 Å². The highest BCUT2D eigenvalue weighted by molar-refractivity contribution is 6.10. The molecule has 0 bridgehead atoms. The summed E-state index contributed by atoms with van der Waals surface area (Å²) < 4.78 is 6.78. The SMILES string of the molecule is Cc1cccc(C(=O)NC2=C/C(=C/N[C@H]3CC[C@@H](O)CC3)C(=N)C=C2OCC2CC2)[n+]1O. The minimum atomic E-state index is -0.467. The van der Waals surface area contributed by atoms with E-state index in [2.05, 4.69) is 10.6 Å². The minimum absolute atomic E-state index is 0.109. The van der Waals surface area contributed by atoms with E-state index in [9.17, 15) is 15.1 Å². The number of pyridine rings is 1. The van der Waals surface area contributed by atoms with E-state index in [0.717, 1.165) is 43.3 Å². The second-order valence-corrected chi connectivity index (χ2v) is 8.82. The lowest BCUT2D eigenvalue weighted by atomic mass is 9.93. The van der Waals surface area contributed by atoms with Gasteiger partial charge in [0.25, 0.3) is 0 Å². The average molecular weight is 440 g/mol. The van der Waals surface area contributed by atoms with Crippen molar-refractivity contribution in [3.63, 3.8) is 0 Å². The monoisotopic (exact) mass is 439 g/mol. The number of amides is 1. The number of ether oxygens (including phenoxy) is 1. The third-order valence-electron chi connectivity index (χ3n) is 6.13. The largest absolute Gasteiger partial charge is 0.491 e. The number of allylic oxidation sites excluding steroid dienone is 3. The van der Waals surface area contributed by atoms with Crippen LogP contribution in [0.2, 0.25) is 0 Å². The Morgan fingerprint density at radius 1 is 1.22 bits per heavy atom. The summed E-state index contributed by atoms with van der Waals surface area (Å²) in [6, 6.07) is 5.21. The number of nitrogens with zero attached hydrogens (tertiary/aromatic N) is 1. The molecule has 8 heteroatoms. The molecule has 32 heavy (non-hydrogen) atoms. The van der Waals surface area contributed by atoms with Crippen molar-refractivity contribution in [1.82, 2.24) is 10.6 Å². The van der Waals surface area contributed by atoms with Crippen LogP contribution in [-0.4, -0.2) is 40.7 Å². The normalized spacial score (nSPS) is 24.6. The molecule has 5 N–H and O–H groups in total. The third-order valence-corrected chi connectivity index (χ3v) is 6.13. The van der Waals surface area contributed by atoms with Gasteiger partial charge in [-0.25, -0.2) is 0 Å². The number of hydrogen-bond acceptors (Lipinski definition) is 6. The predicted octanol–water partition coefficient (Wildman–Crippen LogP) is 2.25. The van der Waals surface area contributed by atoms with E-state index in [-0.39, 0.29) is 17.8 Å². The van der Waals surface area contributed by atoms with Crippen molar-refractivity contribution in [1.29, 1.82) is 5.41 Å². The molecular weight excluding hydrogens is 408 g/mol. The maximum Gasteiger partial charge on any atom is 0.325 e. The van der Waals surface area contributed by atoms with Gasteiger partial charge in [-0.1, -0.05) is 0 Å². The summed E-state index contributed by atoms with van der Waals surface area (Å²) in [7, 11) is 0. The molecule has 0 spiro atoms. The molecule has 1 amide bonds. The Morgan fingerprint density at radius 3 is 2.69 bits per heavy atom. The van der Waals surface area contributed by atoms with E-state index in [1.165, 1.54) is 6.07 Å². The van der Waals surface area contributed by atoms with Crippen LogP contribution < -0.4 is 15.4 Å². The van der Waals surface area contributed by atoms with Crippen LogP contribution in [0.4, 0.5) is 0 Å². The summed E-state index contributed by atoms with van der Waals surface area (Å²) in [5.41, 5.74) is 2.04. The van der Waals surface area contributed by atoms with Gasteiger partial charge in [-0.2, -0.15) is 0 Å². The predicted molar refractivity (Wildman–Crippen MR) is 118 cm³/mol. The molecule has 8 nitrogen and oxygen atoms in total. The van der Waals surface area contributed by atoms with Crippen molar-refractivity contribution >= 4 is 11.6 Å². The molecule has 170 valence electrons. The Morgan fingerprint density at radius 2 is 1.97 bits per heavy atom. The molecule has 2 saturated carbocycles. The van der Waals surface area contributed by atoms with Crippen LogP contribution in [0, 0.1) is 18.3 Å². The van der Waals surface area contributed by atoms with Crippen LogP contribution in [0.15, 0.2) is 53.6 Å². The maximum atomic E-state index is 12.9. The minimum Gasteiger partial charge on any atom is -0.491 e. The molecule has 0 unspecified atom stereocenters. The third kappa shape index (κ3) is 5.37. The van der Waals surface area contributed by atoms with Crippen molar-refractivity contribution in [3.05, 3.63) is 65.0 Å². The Balaban J connectivity index is 1.52. The molecule has 3 aliphatic rings. The zero-order valence-corrected chi connectivity index (χ0v) is 18.3. The van der Waals surface area contributed by atoms with E-state index in [4.69, 9.17) is 10.1 Å². The van der Waals surface area contributed by atoms with Crippen LogP contribution in [0.3, 0.4) is 0 Å². The van der Waals surface area contributed by atoms with Crippen LogP contribution in [-0.2, 0) is 4.74 Å². The first-order valence-electron chi connectivity index (χ1n) is 11.2. The first kappa shape index (κ1) is 22.1. The highest BCUT2D eigenvalue weighted by Crippen LogP contribution is 2.31. The van der Waals surface area contributed by atoms with Gasteiger partial charge in [-0.05, 0) is 56.6 Å². The summed E-state index contributed by atoms with van der Waals surface area (Å²) in [6.45, 7) is 2.26. The lowest BCUT2D eigenvalue weighted by molar-refractivity contribution is -0.909. The number of aryl methyl sites for hydroxylation is 1. The van der Waals surface area contributed by atoms with Gasteiger partial charge in [0, 0.05) is 47.7 Å². The molecule has 2 fully saturated rings. The van der Waals surface area contributed by atoms with Crippen LogP contribution in [0.25, 0.3) is 0 Å². The van der Waals surface area contributed by atoms with Gasteiger partial charge in [0.2, 0.25) is 5.69 Å². The number of carbonyl (C=O) groups is 1. The van der Waals surface area contributed by atoms with Gasteiger partial charge in [0.05, 0.1) is 24.1 Å². The zero-order valence-electron chi connectivity index (χ0n) is 18.3. The number of aliphatic hydroxyl groups excluding tert-OH is 1. The van der Waals surface area contributed by atoms with E-state index in [1.54, 1.807) is 37.4 Å². The summed E-state index contributed by atoms with van der Waals surface area (Å²) in [6.07, 6.45) is 10.5. The quantitative estimate of drug-likeness (QED) is 0.330. The van der Waals surface area contributed by atoms with Crippen LogP contribution in [0.5, 0.6) is 0 Å². The highest BCUT2D eigenvalue weighted by Gasteiger charge is 2.28. The van der Waals surface area contributed by atoms with E-state index in [0.29, 0.717) is 41.0 Å². The standard InChI is InChI=1S/C24H30N4O4/c1-15-3-2-4-22(28(15)31)24(30)27-21-11-17(13-26-18-7-9-19(29)10-8-18)20(25)12-23(21)32-14-16-5-6-16/h2-4,11-13,16,18-19,25,29-31H,5-10,14H2,1H3/p+1/t18-,19+. The van der Waals surface area contributed by atoms with E-state index < -0.39 is 5.91 Å². The fraction of sp³-hybridized carbons (Fsp3) is 0.458. The molecule has 1 aromatic rings. The van der Waals surface area contributed by atoms with Crippen molar-refractivity contribution in [2.45, 2.75) is 57.6 Å². The second-order valence-electron chi connectivity index (χ2n) is 8.82. The molecule has 1 aromatic heterocycles. The van der Waals surface area contributed by atoms with Crippen molar-refractivity contribution < 1.29 is 24.6 Å². The van der Waals surface area contributed by atoms with E-state index >= 15 is 0 Å². The maximum absolute atomic E-state index is 12.9. The Bertz CT molecular complexity index is 986. The number of carbonyl (C=O) groups excluding carboxylic acids is 1. The smallest absolute Gasteiger partial charge is 0.325 e. The number of hydrogen-bond donors (Lipinski definition) is 5. The number of aliphatic hydroxyl groups is 1. The number of aromatic nitrogens is 1. The molecule has 0 aliphatic heterocycles. The summed E-state index contributed by atoms with van der Waals surface area (Å²) >= 11 is 0. The fourth-order valence-electron chi connectivity index (χ4n) is 3.84. The van der Waals surface area contributed by atoms with Gasteiger partial charge < -0.3 is 25.9 Å². The Hall–Kier alpha value is -3.13. The fourth-order valence-corrected chi connectivity index (χ4v) is 3.84. The lowest BCUT2D eigenvalue weighted by Gasteiger charge is -2.26. The van der Waals surface area contributed by atoms with Gasteiger partial charge in [0.1, 0.15) is 5.76 Å².